The standard InChI is InChI=1S/C5H10N2O2.C4H8O2/c6-5(8)7-1-3-9-4-2-7;1-2-3-4(5)6/h1-4H2,(H2,6,8);2-3H2,1H3,(H,5,6). The lowest BCUT2D eigenvalue weighted by Crippen LogP contribution is -2.43. The summed E-state index contributed by atoms with van der Waals surface area (Å²) in [4.78, 5) is 21.6. The van der Waals surface area contributed by atoms with Crippen LogP contribution in [-0.2, 0) is 9.53 Å². The van der Waals surface area contributed by atoms with Crippen molar-refractivity contribution in [1.29, 1.82) is 0 Å². The van der Waals surface area contributed by atoms with E-state index in [0.717, 1.165) is 6.42 Å². The first kappa shape index (κ1) is 13.7. The molecule has 0 aliphatic carbocycles. The molecule has 1 aliphatic heterocycles. The van der Waals surface area contributed by atoms with Gasteiger partial charge in [0.25, 0.3) is 0 Å². The first-order valence-electron chi connectivity index (χ1n) is 4.91. The fourth-order valence-electron chi connectivity index (χ4n) is 0.998. The molecule has 1 saturated heterocycles. The van der Waals surface area contributed by atoms with Gasteiger partial charge in [-0.3, -0.25) is 4.79 Å². The Kier molecular flexibility index (Phi) is 7.35. The van der Waals surface area contributed by atoms with Crippen LogP contribution >= 0.6 is 0 Å². The van der Waals surface area contributed by atoms with Crippen LogP contribution in [0.2, 0.25) is 0 Å². The van der Waals surface area contributed by atoms with Crippen LogP contribution in [0.1, 0.15) is 19.8 Å². The number of rotatable bonds is 2. The van der Waals surface area contributed by atoms with E-state index in [2.05, 4.69) is 0 Å². The number of carbonyl (C=O) groups is 2. The second-order valence-corrected chi connectivity index (χ2v) is 3.08. The summed E-state index contributed by atoms with van der Waals surface area (Å²) in [6.07, 6.45) is 1.02. The lowest BCUT2D eigenvalue weighted by Gasteiger charge is -2.24. The summed E-state index contributed by atoms with van der Waals surface area (Å²) in [6, 6.07) is -0.349. The van der Waals surface area contributed by atoms with Crippen LogP contribution in [0.4, 0.5) is 4.79 Å². The molecule has 3 N–H and O–H groups in total. The van der Waals surface area contributed by atoms with Crippen molar-refractivity contribution in [2.75, 3.05) is 26.3 Å². The van der Waals surface area contributed by atoms with E-state index in [1.54, 1.807) is 4.90 Å². The van der Waals surface area contributed by atoms with Crippen molar-refractivity contribution in [2.45, 2.75) is 19.8 Å². The second-order valence-electron chi connectivity index (χ2n) is 3.08. The van der Waals surface area contributed by atoms with Crippen molar-refractivity contribution >= 4 is 12.0 Å². The van der Waals surface area contributed by atoms with Gasteiger partial charge in [-0.05, 0) is 6.42 Å². The first-order chi connectivity index (χ1) is 7.07. The van der Waals surface area contributed by atoms with Gasteiger partial charge in [0, 0.05) is 19.5 Å². The molecule has 0 unspecified atom stereocenters. The van der Waals surface area contributed by atoms with Crippen molar-refractivity contribution in [3.63, 3.8) is 0 Å². The van der Waals surface area contributed by atoms with E-state index >= 15 is 0 Å². The molecule has 1 fully saturated rings. The SMILES string of the molecule is CCCC(=O)O.NC(=O)N1CCOCC1. The summed E-state index contributed by atoms with van der Waals surface area (Å²) >= 11 is 0. The van der Waals surface area contributed by atoms with Crippen molar-refractivity contribution in [3.8, 4) is 0 Å². The van der Waals surface area contributed by atoms with Crippen LogP contribution in [0, 0.1) is 0 Å². The van der Waals surface area contributed by atoms with E-state index in [4.69, 9.17) is 15.6 Å². The zero-order valence-electron chi connectivity index (χ0n) is 8.94. The number of morpholine rings is 1. The number of ether oxygens (including phenoxy) is 1. The summed E-state index contributed by atoms with van der Waals surface area (Å²) in [5.74, 6) is -0.711. The number of aliphatic carboxylic acids is 1. The number of primary amides is 1. The normalized spacial score (nSPS) is 15.1. The third-order valence-corrected chi connectivity index (χ3v) is 1.79. The first-order valence-corrected chi connectivity index (χ1v) is 4.91. The van der Waals surface area contributed by atoms with E-state index < -0.39 is 5.97 Å². The van der Waals surface area contributed by atoms with Gasteiger partial charge < -0.3 is 20.5 Å². The van der Waals surface area contributed by atoms with Gasteiger partial charge in [0.2, 0.25) is 0 Å². The Morgan fingerprint density at radius 1 is 1.40 bits per heavy atom. The number of carbonyl (C=O) groups excluding carboxylic acids is 1. The molecule has 6 heteroatoms. The lowest BCUT2D eigenvalue weighted by atomic mass is 10.4. The predicted molar refractivity (Wildman–Crippen MR) is 54.5 cm³/mol. The van der Waals surface area contributed by atoms with Gasteiger partial charge in [0.05, 0.1) is 13.2 Å². The monoisotopic (exact) mass is 218 g/mol. The van der Waals surface area contributed by atoms with Gasteiger partial charge in [-0.1, -0.05) is 6.92 Å². The molecule has 0 saturated carbocycles. The van der Waals surface area contributed by atoms with Gasteiger partial charge in [-0.25, -0.2) is 4.79 Å². The fraction of sp³-hybridized carbons (Fsp3) is 0.778. The molecule has 0 radical (unpaired) electrons. The number of carboxylic acids is 1. The average molecular weight is 218 g/mol. The van der Waals surface area contributed by atoms with Gasteiger partial charge in [0.15, 0.2) is 0 Å². The molecular weight excluding hydrogens is 200 g/mol. The molecule has 1 rings (SSSR count). The van der Waals surface area contributed by atoms with E-state index in [9.17, 15) is 9.59 Å². The average Bonchev–Trinajstić information content (AvgIpc) is 2.20. The maximum atomic E-state index is 10.4. The minimum absolute atomic E-state index is 0.292. The number of amides is 2. The molecule has 0 aromatic heterocycles. The highest BCUT2D eigenvalue weighted by atomic mass is 16.5. The topological polar surface area (TPSA) is 92.9 Å². The van der Waals surface area contributed by atoms with E-state index in [1.807, 2.05) is 6.92 Å². The lowest BCUT2D eigenvalue weighted by molar-refractivity contribution is -0.137. The highest BCUT2D eigenvalue weighted by Gasteiger charge is 2.12. The molecule has 6 nitrogen and oxygen atoms in total. The van der Waals surface area contributed by atoms with Crippen LogP contribution in [-0.4, -0.2) is 48.3 Å². The van der Waals surface area contributed by atoms with Crippen LogP contribution in [0.5, 0.6) is 0 Å². The summed E-state index contributed by atoms with van der Waals surface area (Å²) in [6.45, 7) is 4.34. The van der Waals surface area contributed by atoms with Crippen molar-refractivity contribution in [2.24, 2.45) is 5.73 Å². The van der Waals surface area contributed by atoms with Gasteiger partial charge in [-0.15, -0.1) is 0 Å². The zero-order chi connectivity index (χ0) is 11.7. The molecule has 0 atom stereocenters. The molecular formula is C9H18N2O4. The molecule has 88 valence electrons. The van der Waals surface area contributed by atoms with Gasteiger partial charge in [0.1, 0.15) is 0 Å². The van der Waals surface area contributed by atoms with Gasteiger partial charge in [-0.2, -0.15) is 0 Å². The molecule has 15 heavy (non-hydrogen) atoms. The fourth-order valence-corrected chi connectivity index (χ4v) is 0.998. The van der Waals surface area contributed by atoms with Crippen LogP contribution in [0.15, 0.2) is 0 Å². The van der Waals surface area contributed by atoms with Crippen molar-refractivity contribution < 1.29 is 19.4 Å². The Morgan fingerprint density at radius 2 is 1.93 bits per heavy atom. The number of nitrogens with two attached hydrogens (primary N) is 1. The summed E-state index contributed by atoms with van der Waals surface area (Å²) in [5.41, 5.74) is 5.00. The van der Waals surface area contributed by atoms with Crippen LogP contribution < -0.4 is 5.73 Å². The largest absolute Gasteiger partial charge is 0.481 e. The number of hydrogen-bond acceptors (Lipinski definition) is 3. The molecule has 0 aromatic rings. The van der Waals surface area contributed by atoms with E-state index in [1.165, 1.54) is 0 Å². The van der Waals surface area contributed by atoms with Crippen molar-refractivity contribution in [1.82, 2.24) is 4.90 Å². The number of urea groups is 1. The Bertz CT molecular complexity index is 202. The Hall–Kier alpha value is -1.30. The highest BCUT2D eigenvalue weighted by molar-refractivity contribution is 5.72. The molecule has 1 aliphatic rings. The summed E-state index contributed by atoms with van der Waals surface area (Å²) in [7, 11) is 0. The predicted octanol–water partition coefficient (Wildman–Crippen LogP) is 0.268. The zero-order valence-corrected chi connectivity index (χ0v) is 8.94. The Labute approximate surface area is 89.0 Å². The third kappa shape index (κ3) is 7.75. The highest BCUT2D eigenvalue weighted by Crippen LogP contribution is 1.94. The minimum atomic E-state index is -0.711. The molecule has 0 spiro atoms. The maximum Gasteiger partial charge on any atom is 0.314 e. The number of hydrogen-bond donors (Lipinski definition) is 2. The molecule has 2 amide bonds. The third-order valence-electron chi connectivity index (χ3n) is 1.79. The maximum absolute atomic E-state index is 10.4. The molecule has 1 heterocycles. The second kappa shape index (κ2) is 8.05. The Balaban J connectivity index is 0.000000288. The smallest absolute Gasteiger partial charge is 0.314 e. The Morgan fingerprint density at radius 3 is 2.13 bits per heavy atom. The van der Waals surface area contributed by atoms with E-state index in [-0.39, 0.29) is 6.03 Å². The summed E-state index contributed by atoms with van der Waals surface area (Å²) < 4.78 is 5.00. The molecule has 0 bridgehead atoms. The van der Waals surface area contributed by atoms with Crippen LogP contribution in [0.3, 0.4) is 0 Å². The molecule has 0 aromatic carbocycles. The van der Waals surface area contributed by atoms with E-state index in [0.29, 0.717) is 32.7 Å². The summed E-state index contributed by atoms with van der Waals surface area (Å²) in [5, 5.41) is 7.91. The number of carboxylic acid groups (broad SMARTS) is 1. The van der Waals surface area contributed by atoms with Crippen molar-refractivity contribution in [3.05, 3.63) is 0 Å². The minimum Gasteiger partial charge on any atom is -0.481 e. The number of nitrogens with zero attached hydrogens (tertiary/aromatic N) is 1. The quantitative estimate of drug-likeness (QED) is 0.695. The van der Waals surface area contributed by atoms with Crippen LogP contribution in [0.25, 0.3) is 0 Å². The van der Waals surface area contributed by atoms with Gasteiger partial charge >= 0.3 is 12.0 Å².